The Hall–Kier alpha value is -3.15. The fourth-order valence-corrected chi connectivity index (χ4v) is 3.35. The molecule has 1 amide bonds. The number of ketones is 1. The zero-order chi connectivity index (χ0) is 19.2. The summed E-state index contributed by atoms with van der Waals surface area (Å²) < 4.78 is 5.34. The van der Waals surface area contributed by atoms with Crippen LogP contribution in [0.4, 0.5) is 4.79 Å². The minimum absolute atomic E-state index is 0.0329. The van der Waals surface area contributed by atoms with Gasteiger partial charge in [-0.3, -0.25) is 9.59 Å². The van der Waals surface area contributed by atoms with Crippen molar-refractivity contribution in [2.24, 2.45) is 0 Å². The molecule has 2 N–H and O–H groups in total. The van der Waals surface area contributed by atoms with Crippen LogP contribution in [0.5, 0.6) is 0 Å². The molecule has 27 heavy (non-hydrogen) atoms. The molecule has 1 aliphatic rings. The average Bonchev–Trinajstić information content (AvgIpc) is 2.98. The van der Waals surface area contributed by atoms with Crippen molar-refractivity contribution in [2.45, 2.75) is 25.2 Å². The van der Waals surface area contributed by atoms with Gasteiger partial charge in [0.05, 0.1) is 6.54 Å². The fourth-order valence-electron chi connectivity index (χ4n) is 3.35. The molecule has 1 aliphatic carbocycles. The molecule has 0 atom stereocenters. The number of carbonyl (C=O) groups is 3. The minimum Gasteiger partial charge on any atom is -0.481 e. The molecule has 0 heterocycles. The Bertz CT molecular complexity index is 816. The van der Waals surface area contributed by atoms with E-state index in [0.29, 0.717) is 0 Å². The highest BCUT2D eigenvalue weighted by Gasteiger charge is 2.28. The van der Waals surface area contributed by atoms with Crippen molar-refractivity contribution >= 4 is 17.8 Å². The van der Waals surface area contributed by atoms with E-state index in [1.807, 2.05) is 36.4 Å². The highest BCUT2D eigenvalue weighted by atomic mass is 16.5. The summed E-state index contributed by atoms with van der Waals surface area (Å²) >= 11 is 0. The summed E-state index contributed by atoms with van der Waals surface area (Å²) in [7, 11) is 0. The molecule has 0 aliphatic heterocycles. The number of hydrogen-bond donors (Lipinski definition) is 2. The average molecular weight is 367 g/mol. The molecule has 140 valence electrons. The number of fused-ring (bicyclic) bond motifs is 3. The first-order chi connectivity index (χ1) is 13.1. The Morgan fingerprint density at radius 1 is 0.926 bits per heavy atom. The summed E-state index contributed by atoms with van der Waals surface area (Å²) in [6.07, 6.45) is -0.323. The number of carbonyl (C=O) groups excluding carboxylic acids is 2. The minimum atomic E-state index is -0.938. The van der Waals surface area contributed by atoms with E-state index in [1.54, 1.807) is 0 Å². The maximum atomic E-state index is 11.9. The van der Waals surface area contributed by atoms with Gasteiger partial charge in [-0.2, -0.15) is 0 Å². The lowest BCUT2D eigenvalue weighted by atomic mass is 9.98. The van der Waals surface area contributed by atoms with Gasteiger partial charge < -0.3 is 15.2 Å². The van der Waals surface area contributed by atoms with Gasteiger partial charge >= 0.3 is 12.1 Å². The Balaban J connectivity index is 1.52. The predicted octanol–water partition coefficient (Wildman–Crippen LogP) is 3.35. The van der Waals surface area contributed by atoms with Gasteiger partial charge in [0.25, 0.3) is 0 Å². The van der Waals surface area contributed by atoms with Crippen molar-refractivity contribution < 1.29 is 24.2 Å². The van der Waals surface area contributed by atoms with Gasteiger partial charge in [0, 0.05) is 18.8 Å². The smallest absolute Gasteiger partial charge is 0.407 e. The SMILES string of the molecule is O=C(O)CCCC(=O)CNC(=O)OCC1c2ccccc2-c2ccccc21. The monoisotopic (exact) mass is 367 g/mol. The van der Waals surface area contributed by atoms with E-state index < -0.39 is 12.1 Å². The molecule has 0 fully saturated rings. The number of rotatable bonds is 8. The maximum absolute atomic E-state index is 11.9. The first kappa shape index (κ1) is 18.6. The Labute approximate surface area is 157 Å². The Kier molecular flexibility index (Phi) is 5.86. The zero-order valence-corrected chi connectivity index (χ0v) is 14.8. The van der Waals surface area contributed by atoms with Gasteiger partial charge in [-0.25, -0.2) is 4.79 Å². The summed E-state index contributed by atoms with van der Waals surface area (Å²) in [4.78, 5) is 34.0. The Morgan fingerprint density at radius 3 is 2.11 bits per heavy atom. The molecule has 0 aromatic heterocycles. The fraction of sp³-hybridized carbons (Fsp3) is 0.286. The highest BCUT2D eigenvalue weighted by molar-refractivity contribution is 5.84. The van der Waals surface area contributed by atoms with E-state index in [0.717, 1.165) is 22.3 Å². The summed E-state index contributed by atoms with van der Waals surface area (Å²) in [5.41, 5.74) is 4.54. The number of carboxylic acids is 1. The van der Waals surface area contributed by atoms with Crippen molar-refractivity contribution in [2.75, 3.05) is 13.2 Å². The van der Waals surface area contributed by atoms with Gasteiger partial charge in [0.15, 0.2) is 5.78 Å². The van der Waals surface area contributed by atoms with Crippen molar-refractivity contribution in [3.63, 3.8) is 0 Å². The van der Waals surface area contributed by atoms with Crippen LogP contribution in [-0.2, 0) is 14.3 Å². The third-order valence-corrected chi connectivity index (χ3v) is 4.62. The van der Waals surface area contributed by atoms with Gasteiger partial charge in [-0.1, -0.05) is 48.5 Å². The van der Waals surface area contributed by atoms with Gasteiger partial charge in [0.1, 0.15) is 6.61 Å². The summed E-state index contributed by atoms with van der Waals surface area (Å²) in [5.74, 6) is -1.19. The van der Waals surface area contributed by atoms with Crippen LogP contribution in [0.25, 0.3) is 11.1 Å². The summed E-state index contributed by atoms with van der Waals surface area (Å²) in [5, 5.41) is 11.0. The number of hydrogen-bond acceptors (Lipinski definition) is 4. The first-order valence-electron chi connectivity index (χ1n) is 8.88. The van der Waals surface area contributed by atoms with Crippen LogP contribution in [0.15, 0.2) is 48.5 Å². The molecule has 0 saturated carbocycles. The van der Waals surface area contributed by atoms with Crippen LogP contribution >= 0.6 is 0 Å². The van der Waals surface area contributed by atoms with Crippen molar-refractivity contribution in [3.8, 4) is 11.1 Å². The number of aliphatic carboxylic acids is 1. The number of Topliss-reactive ketones (excluding diaryl/α,β-unsaturated/α-hetero) is 1. The van der Waals surface area contributed by atoms with Crippen LogP contribution < -0.4 is 5.32 Å². The van der Waals surface area contributed by atoms with E-state index in [1.165, 1.54) is 0 Å². The van der Waals surface area contributed by atoms with Crippen LogP contribution in [0.1, 0.15) is 36.3 Å². The zero-order valence-electron chi connectivity index (χ0n) is 14.8. The lowest BCUT2D eigenvalue weighted by molar-refractivity contribution is -0.137. The second-order valence-corrected chi connectivity index (χ2v) is 6.47. The van der Waals surface area contributed by atoms with Crippen molar-refractivity contribution in [1.29, 1.82) is 0 Å². The van der Waals surface area contributed by atoms with Crippen LogP contribution in [0, 0.1) is 0 Å². The maximum Gasteiger partial charge on any atom is 0.407 e. The van der Waals surface area contributed by atoms with Crippen molar-refractivity contribution in [1.82, 2.24) is 5.32 Å². The normalized spacial score (nSPS) is 12.1. The second-order valence-electron chi connectivity index (χ2n) is 6.47. The van der Waals surface area contributed by atoms with E-state index in [-0.39, 0.29) is 44.1 Å². The molecular weight excluding hydrogens is 346 g/mol. The van der Waals surface area contributed by atoms with Gasteiger partial charge in [-0.15, -0.1) is 0 Å². The van der Waals surface area contributed by atoms with Crippen LogP contribution in [0.3, 0.4) is 0 Å². The first-order valence-corrected chi connectivity index (χ1v) is 8.88. The molecular formula is C21H21NO5. The van der Waals surface area contributed by atoms with Gasteiger partial charge in [-0.05, 0) is 28.7 Å². The van der Waals surface area contributed by atoms with E-state index in [2.05, 4.69) is 17.4 Å². The molecule has 0 radical (unpaired) electrons. The van der Waals surface area contributed by atoms with Crippen LogP contribution in [-0.4, -0.2) is 36.1 Å². The molecule has 0 saturated heterocycles. The lowest BCUT2D eigenvalue weighted by Crippen LogP contribution is -2.31. The molecule has 3 rings (SSSR count). The molecule has 6 heteroatoms. The third-order valence-electron chi connectivity index (χ3n) is 4.62. The molecule has 2 aromatic carbocycles. The Morgan fingerprint density at radius 2 is 1.52 bits per heavy atom. The summed E-state index contributed by atoms with van der Waals surface area (Å²) in [6.45, 7) is 0.0311. The molecule has 0 spiro atoms. The quantitative estimate of drug-likeness (QED) is 0.746. The lowest BCUT2D eigenvalue weighted by Gasteiger charge is -2.14. The van der Waals surface area contributed by atoms with Gasteiger partial charge in [0.2, 0.25) is 0 Å². The summed E-state index contributed by atoms with van der Waals surface area (Å²) in [6, 6.07) is 16.1. The third kappa shape index (κ3) is 4.53. The standard InChI is InChI=1S/C21H21NO5/c23-14(6-5-11-20(24)25)12-22-21(26)27-13-19-17-9-3-1-7-15(17)16-8-2-4-10-18(16)19/h1-4,7-10,19H,5-6,11-13H2,(H,22,26)(H,24,25). The largest absolute Gasteiger partial charge is 0.481 e. The number of nitrogens with one attached hydrogen (secondary N) is 1. The number of ether oxygens (including phenoxy) is 1. The molecule has 2 aromatic rings. The number of alkyl carbamates (subject to hydrolysis) is 1. The molecule has 0 unspecified atom stereocenters. The topological polar surface area (TPSA) is 92.7 Å². The van der Waals surface area contributed by atoms with Crippen molar-refractivity contribution in [3.05, 3.63) is 59.7 Å². The van der Waals surface area contributed by atoms with Crippen LogP contribution in [0.2, 0.25) is 0 Å². The number of benzene rings is 2. The van der Waals surface area contributed by atoms with E-state index in [4.69, 9.17) is 9.84 Å². The van der Waals surface area contributed by atoms with E-state index >= 15 is 0 Å². The van der Waals surface area contributed by atoms with E-state index in [9.17, 15) is 14.4 Å². The highest BCUT2D eigenvalue weighted by Crippen LogP contribution is 2.44. The predicted molar refractivity (Wildman–Crippen MR) is 99.6 cm³/mol. The number of amides is 1. The number of carboxylic acid groups (broad SMARTS) is 1. The second kappa shape index (κ2) is 8.49. The molecule has 0 bridgehead atoms. The molecule has 6 nitrogen and oxygen atoms in total.